The molecule has 0 amide bonds. The maximum atomic E-state index is 13.2. The van der Waals surface area contributed by atoms with E-state index in [1.807, 2.05) is 6.07 Å². The van der Waals surface area contributed by atoms with E-state index in [4.69, 9.17) is 10.4 Å². The van der Waals surface area contributed by atoms with Crippen LogP contribution in [-0.2, 0) is 9.84 Å². The number of carbonyl (C=O) groups is 1. The first-order chi connectivity index (χ1) is 9.09. The molecule has 0 aromatic heterocycles. The van der Waals surface area contributed by atoms with Crippen LogP contribution >= 0.6 is 0 Å². The summed E-state index contributed by atoms with van der Waals surface area (Å²) in [5.41, 5.74) is -1.49. The van der Waals surface area contributed by atoms with Gasteiger partial charge in [0.2, 0.25) is 0 Å². The highest BCUT2D eigenvalue weighted by Gasteiger charge is 2.24. The molecule has 1 aromatic rings. The van der Waals surface area contributed by atoms with Gasteiger partial charge in [-0.05, 0) is 38.5 Å². The molecule has 0 radical (unpaired) electrons. The molecule has 1 rings (SSSR count). The molecule has 0 saturated heterocycles. The Bertz CT molecular complexity index is 674. The Hall–Kier alpha value is -1.94. The third kappa shape index (κ3) is 3.78. The molecule has 5 nitrogen and oxygen atoms in total. The van der Waals surface area contributed by atoms with Crippen LogP contribution in [0, 0.1) is 22.6 Å². The molecular formula is C13H14FNO4S. The average Bonchev–Trinajstić information content (AvgIpc) is 2.36. The van der Waals surface area contributed by atoms with Gasteiger partial charge >= 0.3 is 5.97 Å². The quantitative estimate of drug-likeness (QED) is 0.841. The molecule has 0 unspecified atom stereocenters. The summed E-state index contributed by atoms with van der Waals surface area (Å²) >= 11 is 0. The van der Waals surface area contributed by atoms with Crippen LogP contribution in [0.5, 0.6) is 0 Å². The predicted molar refractivity (Wildman–Crippen MR) is 69.4 cm³/mol. The number of hydrogen-bond acceptors (Lipinski definition) is 4. The highest BCUT2D eigenvalue weighted by atomic mass is 32.2. The lowest BCUT2D eigenvalue weighted by Gasteiger charge is -2.14. The van der Waals surface area contributed by atoms with Crippen LogP contribution in [0.15, 0.2) is 23.1 Å². The highest BCUT2D eigenvalue weighted by molar-refractivity contribution is 7.91. The second-order valence-corrected chi connectivity index (χ2v) is 7.12. The summed E-state index contributed by atoms with van der Waals surface area (Å²) in [4.78, 5) is 10.5. The smallest absolute Gasteiger partial charge is 0.338 e. The van der Waals surface area contributed by atoms with Crippen LogP contribution in [0.2, 0.25) is 0 Å². The molecule has 108 valence electrons. The molecule has 0 aliphatic heterocycles. The predicted octanol–water partition coefficient (Wildman–Crippen LogP) is 2.24. The van der Waals surface area contributed by atoms with Crippen molar-refractivity contribution in [3.05, 3.63) is 29.6 Å². The van der Waals surface area contributed by atoms with Crippen LogP contribution < -0.4 is 0 Å². The van der Waals surface area contributed by atoms with E-state index in [1.54, 1.807) is 13.8 Å². The van der Waals surface area contributed by atoms with Crippen molar-refractivity contribution in [1.82, 2.24) is 0 Å². The van der Waals surface area contributed by atoms with E-state index in [9.17, 15) is 17.6 Å². The second kappa shape index (κ2) is 5.59. The summed E-state index contributed by atoms with van der Waals surface area (Å²) in [6.45, 7) is 3.21. The molecule has 0 atom stereocenters. The number of carboxylic acid groups (broad SMARTS) is 1. The SMILES string of the molecule is CC(C)(C#N)CCS(=O)(=O)c1ccc(F)c(C(=O)O)c1. The van der Waals surface area contributed by atoms with Crippen molar-refractivity contribution >= 4 is 15.8 Å². The average molecular weight is 299 g/mol. The summed E-state index contributed by atoms with van der Waals surface area (Å²) in [5.74, 6) is -2.83. The fraction of sp³-hybridized carbons (Fsp3) is 0.385. The number of benzene rings is 1. The van der Waals surface area contributed by atoms with E-state index in [1.165, 1.54) is 0 Å². The van der Waals surface area contributed by atoms with Crippen LogP contribution in [0.3, 0.4) is 0 Å². The number of nitriles is 1. The molecule has 0 aliphatic carbocycles. The van der Waals surface area contributed by atoms with Gasteiger partial charge in [-0.2, -0.15) is 5.26 Å². The molecule has 1 N–H and O–H groups in total. The number of sulfone groups is 1. The Morgan fingerprint density at radius 1 is 1.45 bits per heavy atom. The van der Waals surface area contributed by atoms with Gasteiger partial charge in [0, 0.05) is 0 Å². The lowest BCUT2D eigenvalue weighted by atomic mass is 9.93. The van der Waals surface area contributed by atoms with Gasteiger partial charge in [0.25, 0.3) is 0 Å². The number of carboxylic acids is 1. The summed E-state index contributed by atoms with van der Waals surface area (Å²) in [7, 11) is -3.76. The molecule has 7 heteroatoms. The molecule has 0 bridgehead atoms. The lowest BCUT2D eigenvalue weighted by Crippen LogP contribution is -2.17. The van der Waals surface area contributed by atoms with Crippen molar-refractivity contribution < 1.29 is 22.7 Å². The molecule has 0 saturated carbocycles. The Morgan fingerprint density at radius 3 is 2.55 bits per heavy atom. The first-order valence-electron chi connectivity index (χ1n) is 5.76. The minimum Gasteiger partial charge on any atom is -0.478 e. The van der Waals surface area contributed by atoms with Gasteiger partial charge in [-0.3, -0.25) is 0 Å². The summed E-state index contributed by atoms with van der Waals surface area (Å²) in [6.07, 6.45) is 0.103. The standard InChI is InChI=1S/C13H14FNO4S/c1-13(2,8-15)5-6-20(18,19)9-3-4-11(14)10(7-9)12(16)17/h3-4,7H,5-6H2,1-2H3,(H,16,17). The highest BCUT2D eigenvalue weighted by Crippen LogP contribution is 2.23. The fourth-order valence-corrected chi connectivity index (χ4v) is 3.01. The summed E-state index contributed by atoms with van der Waals surface area (Å²) < 4.78 is 37.3. The topological polar surface area (TPSA) is 95.2 Å². The van der Waals surface area contributed by atoms with E-state index < -0.39 is 32.6 Å². The van der Waals surface area contributed by atoms with Crippen molar-refractivity contribution in [2.45, 2.75) is 25.2 Å². The van der Waals surface area contributed by atoms with Crippen LogP contribution in [0.4, 0.5) is 4.39 Å². The maximum Gasteiger partial charge on any atom is 0.338 e. The van der Waals surface area contributed by atoms with E-state index in [0.29, 0.717) is 0 Å². The van der Waals surface area contributed by atoms with Crippen molar-refractivity contribution in [2.75, 3.05) is 5.75 Å². The van der Waals surface area contributed by atoms with E-state index in [0.717, 1.165) is 18.2 Å². The third-order valence-corrected chi connectivity index (χ3v) is 4.54. The third-order valence-electron chi connectivity index (χ3n) is 2.83. The number of nitrogens with zero attached hydrogens (tertiary/aromatic N) is 1. The minimum atomic E-state index is -3.76. The molecule has 20 heavy (non-hydrogen) atoms. The summed E-state index contributed by atoms with van der Waals surface area (Å²) in [6, 6.07) is 4.62. The zero-order valence-electron chi connectivity index (χ0n) is 11.1. The Labute approximate surface area is 116 Å². The monoisotopic (exact) mass is 299 g/mol. The van der Waals surface area contributed by atoms with E-state index >= 15 is 0 Å². The van der Waals surface area contributed by atoms with E-state index in [-0.39, 0.29) is 17.1 Å². The molecule has 1 aromatic carbocycles. The number of hydrogen-bond donors (Lipinski definition) is 1. The van der Waals surface area contributed by atoms with Crippen molar-refractivity contribution in [3.8, 4) is 6.07 Å². The van der Waals surface area contributed by atoms with E-state index in [2.05, 4.69) is 0 Å². The number of rotatable bonds is 5. The van der Waals surface area contributed by atoms with Crippen LogP contribution in [0.25, 0.3) is 0 Å². The van der Waals surface area contributed by atoms with Gasteiger partial charge in [-0.15, -0.1) is 0 Å². The van der Waals surface area contributed by atoms with Crippen LogP contribution in [-0.4, -0.2) is 25.2 Å². The van der Waals surface area contributed by atoms with Crippen molar-refractivity contribution in [3.63, 3.8) is 0 Å². The zero-order chi connectivity index (χ0) is 15.6. The van der Waals surface area contributed by atoms with Gasteiger partial charge in [0.15, 0.2) is 9.84 Å². The molecular weight excluding hydrogens is 285 g/mol. The number of aromatic carboxylic acids is 1. The normalized spacial score (nSPS) is 11.9. The molecule has 0 aliphatic rings. The van der Waals surface area contributed by atoms with Crippen molar-refractivity contribution in [1.29, 1.82) is 5.26 Å². The van der Waals surface area contributed by atoms with Crippen LogP contribution in [0.1, 0.15) is 30.6 Å². The maximum absolute atomic E-state index is 13.2. The van der Waals surface area contributed by atoms with Gasteiger partial charge in [0.05, 0.1) is 27.7 Å². The first kappa shape index (κ1) is 16.1. The van der Waals surface area contributed by atoms with Crippen molar-refractivity contribution in [2.24, 2.45) is 5.41 Å². The second-order valence-electron chi connectivity index (χ2n) is 5.01. The van der Waals surface area contributed by atoms with Gasteiger partial charge < -0.3 is 5.11 Å². The Balaban J connectivity index is 3.09. The van der Waals surface area contributed by atoms with Gasteiger partial charge in [-0.1, -0.05) is 0 Å². The molecule has 0 heterocycles. The molecule has 0 fully saturated rings. The Morgan fingerprint density at radius 2 is 2.05 bits per heavy atom. The zero-order valence-corrected chi connectivity index (χ0v) is 11.9. The number of halogens is 1. The first-order valence-corrected chi connectivity index (χ1v) is 7.41. The lowest BCUT2D eigenvalue weighted by molar-refractivity contribution is 0.0691. The Kier molecular flexibility index (Phi) is 4.50. The molecule has 0 spiro atoms. The summed E-state index contributed by atoms with van der Waals surface area (Å²) in [5, 5.41) is 17.6. The minimum absolute atomic E-state index is 0.103. The fourth-order valence-electron chi connectivity index (χ4n) is 1.43. The van der Waals surface area contributed by atoms with Gasteiger partial charge in [0.1, 0.15) is 5.82 Å². The van der Waals surface area contributed by atoms with Gasteiger partial charge in [-0.25, -0.2) is 17.6 Å². The largest absolute Gasteiger partial charge is 0.478 e.